The highest BCUT2D eigenvalue weighted by atomic mass is 32.2. The molecule has 2 aromatic rings. The van der Waals surface area contributed by atoms with Crippen molar-refractivity contribution < 1.29 is 26.7 Å². The second-order valence-electron chi connectivity index (χ2n) is 6.60. The zero-order valence-electron chi connectivity index (χ0n) is 16.1. The maximum absolute atomic E-state index is 12.6. The van der Waals surface area contributed by atoms with Crippen molar-refractivity contribution in [1.29, 1.82) is 0 Å². The van der Waals surface area contributed by atoms with Crippen LogP contribution in [0.25, 0.3) is 11.4 Å². The zero-order chi connectivity index (χ0) is 21.9. The van der Waals surface area contributed by atoms with Gasteiger partial charge in [-0.1, -0.05) is 11.8 Å². The van der Waals surface area contributed by atoms with Gasteiger partial charge >= 0.3 is 6.61 Å². The van der Waals surface area contributed by atoms with E-state index in [1.165, 1.54) is 28.9 Å². The highest BCUT2D eigenvalue weighted by Gasteiger charge is 2.33. The minimum atomic E-state index is -3.09. The fourth-order valence-corrected chi connectivity index (χ4v) is 5.70. The minimum absolute atomic E-state index is 0.00520. The fourth-order valence-electron chi connectivity index (χ4n) is 3.23. The number of ether oxygens (including phenoxy) is 1. The Labute approximate surface area is 176 Å². The molecule has 1 aliphatic heterocycles. The molecule has 30 heavy (non-hydrogen) atoms. The van der Waals surface area contributed by atoms with Crippen molar-refractivity contribution >= 4 is 27.5 Å². The van der Waals surface area contributed by atoms with Crippen LogP contribution >= 0.6 is 11.8 Å². The number of alkyl halides is 2. The summed E-state index contributed by atoms with van der Waals surface area (Å²) in [5.74, 6) is 6.22. The number of nitrogen functional groups attached to an aromatic ring is 1. The van der Waals surface area contributed by atoms with Gasteiger partial charge in [0.05, 0.1) is 17.3 Å². The minimum Gasteiger partial charge on any atom is -0.435 e. The predicted molar refractivity (Wildman–Crippen MR) is 107 cm³/mol. The first kappa shape index (κ1) is 22.3. The maximum Gasteiger partial charge on any atom is 0.387 e. The number of aromatic nitrogens is 3. The molecule has 0 radical (unpaired) electrons. The van der Waals surface area contributed by atoms with Crippen LogP contribution in [0.3, 0.4) is 0 Å². The van der Waals surface area contributed by atoms with Crippen LogP contribution in [0.4, 0.5) is 8.78 Å². The van der Waals surface area contributed by atoms with Crippen LogP contribution in [0.1, 0.15) is 13.3 Å². The molecule has 0 spiro atoms. The van der Waals surface area contributed by atoms with Crippen molar-refractivity contribution in [2.45, 2.75) is 31.2 Å². The molecular formula is C17H21F2N5O4S2. The average Bonchev–Trinajstić information content (AvgIpc) is 3.23. The van der Waals surface area contributed by atoms with E-state index >= 15 is 0 Å². The summed E-state index contributed by atoms with van der Waals surface area (Å²) in [6.45, 7) is -0.701. The Morgan fingerprint density at radius 3 is 2.63 bits per heavy atom. The number of hydrogen-bond donors (Lipinski definition) is 1. The molecule has 1 amide bonds. The molecule has 164 valence electrons. The number of thioether (sulfide) groups is 1. The van der Waals surface area contributed by atoms with Gasteiger partial charge in [-0.05, 0) is 37.6 Å². The Balaban J connectivity index is 1.64. The largest absolute Gasteiger partial charge is 0.435 e. The smallest absolute Gasteiger partial charge is 0.387 e. The van der Waals surface area contributed by atoms with Crippen molar-refractivity contribution in [3.05, 3.63) is 24.3 Å². The normalized spacial score (nSPS) is 17.9. The summed E-state index contributed by atoms with van der Waals surface area (Å²) in [5.41, 5.74) is 0.538. The predicted octanol–water partition coefficient (Wildman–Crippen LogP) is 1.39. The number of nitrogens with two attached hydrogens (primary N) is 1. The van der Waals surface area contributed by atoms with E-state index in [1.807, 2.05) is 0 Å². The van der Waals surface area contributed by atoms with Crippen LogP contribution < -0.4 is 10.6 Å². The molecule has 2 heterocycles. The van der Waals surface area contributed by atoms with Gasteiger partial charge in [-0.15, -0.1) is 10.2 Å². The lowest BCUT2D eigenvalue weighted by Gasteiger charge is -2.26. The monoisotopic (exact) mass is 461 g/mol. The quantitative estimate of drug-likeness (QED) is 0.463. The van der Waals surface area contributed by atoms with Crippen LogP contribution in [0.15, 0.2) is 29.4 Å². The Morgan fingerprint density at radius 2 is 2.07 bits per heavy atom. The molecule has 0 aliphatic carbocycles. The number of carbonyl (C=O) groups is 1. The van der Waals surface area contributed by atoms with Crippen molar-refractivity contribution in [1.82, 2.24) is 19.8 Å². The van der Waals surface area contributed by atoms with Gasteiger partial charge in [0, 0.05) is 18.2 Å². The molecule has 3 rings (SSSR count). The van der Waals surface area contributed by atoms with E-state index in [4.69, 9.17) is 5.84 Å². The van der Waals surface area contributed by atoms with Gasteiger partial charge in [0.1, 0.15) is 5.75 Å². The Hall–Kier alpha value is -2.41. The van der Waals surface area contributed by atoms with E-state index in [1.54, 1.807) is 11.8 Å². The third-order valence-corrected chi connectivity index (χ3v) is 7.32. The van der Waals surface area contributed by atoms with Gasteiger partial charge in [-0.2, -0.15) is 8.78 Å². The summed E-state index contributed by atoms with van der Waals surface area (Å²) in [5, 5.41) is 8.26. The van der Waals surface area contributed by atoms with Crippen molar-refractivity contribution in [3.8, 4) is 17.1 Å². The van der Waals surface area contributed by atoms with Gasteiger partial charge in [0.2, 0.25) is 11.1 Å². The van der Waals surface area contributed by atoms with Crippen LogP contribution in [0.2, 0.25) is 0 Å². The molecule has 0 unspecified atom stereocenters. The second-order valence-corrected chi connectivity index (χ2v) is 9.78. The van der Waals surface area contributed by atoms with Gasteiger partial charge in [0.25, 0.3) is 0 Å². The topological polar surface area (TPSA) is 120 Å². The molecule has 1 aromatic heterocycles. The molecule has 1 aliphatic rings. The number of hydrogen-bond acceptors (Lipinski definition) is 8. The molecule has 0 saturated carbocycles. The van der Waals surface area contributed by atoms with Gasteiger partial charge < -0.3 is 15.5 Å². The summed E-state index contributed by atoms with van der Waals surface area (Å²) in [6, 6.07) is 5.45. The molecule has 2 N–H and O–H groups in total. The highest BCUT2D eigenvalue weighted by Crippen LogP contribution is 2.25. The second kappa shape index (κ2) is 9.16. The first-order valence-corrected chi connectivity index (χ1v) is 11.9. The van der Waals surface area contributed by atoms with E-state index in [9.17, 15) is 22.0 Å². The molecule has 9 nitrogen and oxygen atoms in total. The van der Waals surface area contributed by atoms with Gasteiger partial charge in [0.15, 0.2) is 15.7 Å². The van der Waals surface area contributed by atoms with E-state index in [0.717, 1.165) is 11.8 Å². The highest BCUT2D eigenvalue weighted by molar-refractivity contribution is 7.99. The Kier molecular flexibility index (Phi) is 6.81. The Bertz CT molecular complexity index is 998. The number of halogens is 2. The average molecular weight is 462 g/mol. The zero-order valence-corrected chi connectivity index (χ0v) is 17.7. The van der Waals surface area contributed by atoms with E-state index in [-0.39, 0.29) is 35.0 Å². The summed E-state index contributed by atoms with van der Waals surface area (Å²) >= 11 is 1.08. The summed E-state index contributed by atoms with van der Waals surface area (Å²) < 4.78 is 53.4. The number of benzene rings is 1. The standard InChI is InChI=1S/C17H21F2N5O4S2/c1-2-23(12-7-8-30(26,27)10-12)14(25)9-29-17-22-21-15(24(17)20)11-3-5-13(6-4-11)28-16(18)19/h3-6,12,16H,2,7-10,20H2,1H3/t12-/m0/s1. The van der Waals surface area contributed by atoms with Crippen LogP contribution in [-0.2, 0) is 14.6 Å². The van der Waals surface area contributed by atoms with Crippen molar-refractivity contribution in [2.24, 2.45) is 0 Å². The van der Waals surface area contributed by atoms with Crippen LogP contribution in [-0.4, -0.2) is 70.6 Å². The Morgan fingerprint density at radius 1 is 1.37 bits per heavy atom. The summed E-state index contributed by atoms with van der Waals surface area (Å²) in [6.07, 6.45) is 0.440. The van der Waals surface area contributed by atoms with Crippen LogP contribution in [0.5, 0.6) is 5.75 Å². The molecular weight excluding hydrogens is 440 g/mol. The third kappa shape index (κ3) is 5.19. The lowest BCUT2D eigenvalue weighted by molar-refractivity contribution is -0.129. The molecule has 0 bridgehead atoms. The molecule has 13 heteroatoms. The fraction of sp³-hybridized carbons (Fsp3) is 0.471. The summed E-state index contributed by atoms with van der Waals surface area (Å²) in [4.78, 5) is 14.2. The molecule has 1 fully saturated rings. The van der Waals surface area contributed by atoms with E-state index < -0.39 is 16.4 Å². The van der Waals surface area contributed by atoms with E-state index in [0.29, 0.717) is 29.5 Å². The number of rotatable bonds is 8. The third-order valence-electron chi connectivity index (χ3n) is 4.64. The summed E-state index contributed by atoms with van der Waals surface area (Å²) in [7, 11) is -3.09. The number of nitrogens with zero attached hydrogens (tertiary/aromatic N) is 4. The molecule has 1 aromatic carbocycles. The lowest BCUT2D eigenvalue weighted by atomic mass is 10.2. The number of carbonyl (C=O) groups excluding carboxylic acids is 1. The molecule has 1 atom stereocenters. The maximum atomic E-state index is 12.6. The number of amides is 1. The van der Waals surface area contributed by atoms with Crippen molar-refractivity contribution in [2.75, 3.05) is 29.6 Å². The van der Waals surface area contributed by atoms with Crippen molar-refractivity contribution in [3.63, 3.8) is 0 Å². The number of sulfone groups is 1. The SMILES string of the molecule is CCN(C(=O)CSc1nnc(-c2ccc(OC(F)F)cc2)n1N)[C@H]1CCS(=O)(=O)C1. The molecule has 1 saturated heterocycles. The first-order valence-electron chi connectivity index (χ1n) is 9.08. The van der Waals surface area contributed by atoms with Gasteiger partial charge in [-0.25, -0.2) is 13.1 Å². The van der Waals surface area contributed by atoms with Crippen LogP contribution in [0, 0.1) is 0 Å². The lowest BCUT2D eigenvalue weighted by Crippen LogP contribution is -2.42. The van der Waals surface area contributed by atoms with E-state index in [2.05, 4.69) is 14.9 Å². The first-order chi connectivity index (χ1) is 14.2. The van der Waals surface area contributed by atoms with Gasteiger partial charge in [-0.3, -0.25) is 4.79 Å².